The van der Waals surface area contributed by atoms with Gasteiger partial charge in [-0.1, -0.05) is 36.9 Å². The molecule has 4 aromatic rings. The number of carbonyl (C=O) groups excluding carboxylic acids is 1. The number of aromatic amines is 1. The highest BCUT2D eigenvalue weighted by atomic mass is 16.5. The Labute approximate surface area is 174 Å². The van der Waals surface area contributed by atoms with Crippen LogP contribution in [0.25, 0.3) is 33.4 Å². The van der Waals surface area contributed by atoms with Crippen molar-refractivity contribution in [3.05, 3.63) is 79.8 Å². The van der Waals surface area contributed by atoms with E-state index in [9.17, 15) is 4.79 Å². The molecule has 3 aromatic heterocycles. The molecule has 0 unspecified atom stereocenters. The molecule has 0 atom stereocenters. The van der Waals surface area contributed by atoms with Crippen LogP contribution < -0.4 is 4.74 Å². The number of fused-ring (bicyclic) bond motifs is 1. The Hall–Kier alpha value is -3.93. The summed E-state index contributed by atoms with van der Waals surface area (Å²) in [7, 11) is 1.72. The lowest BCUT2D eigenvalue weighted by atomic mass is 10.0. The van der Waals surface area contributed by atoms with Crippen LogP contribution in [0.2, 0.25) is 0 Å². The van der Waals surface area contributed by atoms with Crippen molar-refractivity contribution in [2.24, 2.45) is 0 Å². The van der Waals surface area contributed by atoms with E-state index in [2.05, 4.69) is 33.7 Å². The van der Waals surface area contributed by atoms with E-state index < -0.39 is 0 Å². The number of nitrogens with one attached hydrogen (secondary N) is 1. The van der Waals surface area contributed by atoms with Crippen molar-refractivity contribution in [3.63, 3.8) is 0 Å². The smallest absolute Gasteiger partial charge is 0.245 e. The molecule has 0 fully saturated rings. The van der Waals surface area contributed by atoms with Crippen LogP contribution in [0.5, 0.6) is 5.75 Å². The molecule has 0 aliphatic carbocycles. The van der Waals surface area contributed by atoms with Gasteiger partial charge >= 0.3 is 0 Å². The van der Waals surface area contributed by atoms with Crippen LogP contribution in [0.1, 0.15) is 0 Å². The molecule has 0 radical (unpaired) electrons. The van der Waals surface area contributed by atoms with Gasteiger partial charge < -0.3 is 14.6 Å². The van der Waals surface area contributed by atoms with E-state index >= 15 is 0 Å². The van der Waals surface area contributed by atoms with Gasteiger partial charge in [0.1, 0.15) is 12.4 Å². The van der Waals surface area contributed by atoms with Gasteiger partial charge in [-0.05, 0) is 29.8 Å². The summed E-state index contributed by atoms with van der Waals surface area (Å²) < 4.78 is 6.01. The third-order valence-corrected chi connectivity index (χ3v) is 4.91. The van der Waals surface area contributed by atoms with Gasteiger partial charge in [0.25, 0.3) is 0 Å². The van der Waals surface area contributed by atoms with Gasteiger partial charge in [0, 0.05) is 30.6 Å². The lowest BCUT2D eigenvalue weighted by Crippen LogP contribution is -2.29. The SMILES string of the molecule is C=CC(=O)N(C)CCOc1cnccc1-c1[nH]c2cccnc2c1-c1ccccc1. The summed E-state index contributed by atoms with van der Waals surface area (Å²) in [6.45, 7) is 4.29. The van der Waals surface area contributed by atoms with Crippen LogP contribution in [-0.4, -0.2) is 46.0 Å². The van der Waals surface area contributed by atoms with E-state index in [0.29, 0.717) is 18.9 Å². The molecule has 3 heterocycles. The van der Waals surface area contributed by atoms with Crippen LogP contribution >= 0.6 is 0 Å². The molecule has 0 spiro atoms. The predicted molar refractivity (Wildman–Crippen MR) is 118 cm³/mol. The van der Waals surface area contributed by atoms with Crippen molar-refractivity contribution in [3.8, 4) is 28.1 Å². The average Bonchev–Trinajstić information content (AvgIpc) is 3.18. The molecule has 0 saturated heterocycles. The number of hydrogen-bond donors (Lipinski definition) is 1. The highest BCUT2D eigenvalue weighted by molar-refractivity contribution is 6.02. The zero-order chi connectivity index (χ0) is 20.9. The van der Waals surface area contributed by atoms with Crippen LogP contribution in [-0.2, 0) is 4.79 Å². The molecular formula is C24H22N4O2. The summed E-state index contributed by atoms with van der Waals surface area (Å²) in [6.07, 6.45) is 6.52. The van der Waals surface area contributed by atoms with Gasteiger partial charge in [0.2, 0.25) is 5.91 Å². The summed E-state index contributed by atoms with van der Waals surface area (Å²) in [5.41, 5.74) is 5.74. The highest BCUT2D eigenvalue weighted by Gasteiger charge is 2.19. The van der Waals surface area contributed by atoms with Crippen molar-refractivity contribution in [1.82, 2.24) is 19.9 Å². The number of hydrogen-bond acceptors (Lipinski definition) is 4. The highest BCUT2D eigenvalue weighted by Crippen LogP contribution is 2.40. The quantitative estimate of drug-likeness (QED) is 0.471. The van der Waals surface area contributed by atoms with Crippen molar-refractivity contribution >= 4 is 16.9 Å². The molecule has 1 N–H and O–H groups in total. The Morgan fingerprint density at radius 3 is 2.80 bits per heavy atom. The standard InChI is InChI=1S/C24H22N4O2/c1-3-21(29)28(2)14-15-30-20-16-25-13-11-18(20)23-22(17-8-5-4-6-9-17)24-19(27-23)10-7-12-26-24/h3-13,16,27H,1,14-15H2,2H3. The monoisotopic (exact) mass is 398 g/mol. The van der Waals surface area contributed by atoms with Gasteiger partial charge in [-0.15, -0.1) is 0 Å². The molecule has 6 nitrogen and oxygen atoms in total. The summed E-state index contributed by atoms with van der Waals surface area (Å²) in [5, 5.41) is 0. The van der Waals surface area contributed by atoms with E-state index in [1.165, 1.54) is 6.08 Å². The number of pyridine rings is 2. The summed E-state index contributed by atoms with van der Waals surface area (Å²) in [4.78, 5) is 25.6. The van der Waals surface area contributed by atoms with Crippen molar-refractivity contribution in [1.29, 1.82) is 0 Å². The number of carbonyl (C=O) groups is 1. The lowest BCUT2D eigenvalue weighted by molar-refractivity contribution is -0.125. The number of nitrogens with zero attached hydrogens (tertiary/aromatic N) is 3. The van der Waals surface area contributed by atoms with Gasteiger partial charge in [-0.3, -0.25) is 14.8 Å². The third kappa shape index (κ3) is 3.80. The van der Waals surface area contributed by atoms with Crippen LogP contribution in [0.4, 0.5) is 0 Å². The lowest BCUT2D eigenvalue weighted by Gasteiger charge is -2.16. The Morgan fingerprint density at radius 2 is 2.00 bits per heavy atom. The van der Waals surface area contributed by atoms with Gasteiger partial charge in [0.15, 0.2) is 0 Å². The number of aromatic nitrogens is 3. The molecule has 0 saturated carbocycles. The fourth-order valence-electron chi connectivity index (χ4n) is 3.37. The molecule has 1 aromatic carbocycles. The van der Waals surface area contributed by atoms with Gasteiger partial charge in [-0.25, -0.2) is 0 Å². The second-order valence-corrected chi connectivity index (χ2v) is 6.82. The maximum absolute atomic E-state index is 11.7. The average molecular weight is 398 g/mol. The first-order chi connectivity index (χ1) is 14.7. The number of likely N-dealkylation sites (N-methyl/N-ethyl adjacent to an activating group) is 1. The predicted octanol–water partition coefficient (Wildman–Crippen LogP) is 4.32. The first kappa shape index (κ1) is 19.4. The molecule has 0 aliphatic heterocycles. The molecule has 150 valence electrons. The van der Waals surface area contributed by atoms with Crippen molar-refractivity contribution in [2.75, 3.05) is 20.2 Å². The van der Waals surface area contributed by atoms with E-state index in [1.54, 1.807) is 30.5 Å². The Balaban J connectivity index is 1.73. The van der Waals surface area contributed by atoms with Crippen molar-refractivity contribution < 1.29 is 9.53 Å². The second-order valence-electron chi connectivity index (χ2n) is 6.82. The summed E-state index contributed by atoms with van der Waals surface area (Å²) in [5.74, 6) is 0.499. The Kier molecular flexibility index (Phi) is 5.57. The number of H-pyrrole nitrogens is 1. The van der Waals surface area contributed by atoms with Crippen LogP contribution in [0.15, 0.2) is 79.8 Å². The zero-order valence-corrected chi connectivity index (χ0v) is 16.7. The third-order valence-electron chi connectivity index (χ3n) is 4.91. The van der Waals surface area contributed by atoms with Crippen molar-refractivity contribution in [2.45, 2.75) is 0 Å². The largest absolute Gasteiger partial charge is 0.489 e. The first-order valence-electron chi connectivity index (χ1n) is 9.66. The number of amides is 1. The second kappa shape index (κ2) is 8.61. The molecule has 1 amide bonds. The van der Waals surface area contributed by atoms with Gasteiger partial charge in [0.05, 0.1) is 29.5 Å². The number of benzene rings is 1. The van der Waals surface area contributed by atoms with Gasteiger partial charge in [-0.2, -0.15) is 0 Å². The first-order valence-corrected chi connectivity index (χ1v) is 9.66. The van der Waals surface area contributed by atoms with E-state index in [1.807, 2.05) is 36.4 Å². The Bertz CT molecular complexity index is 1180. The van der Waals surface area contributed by atoms with E-state index in [4.69, 9.17) is 4.74 Å². The number of ether oxygens (including phenoxy) is 1. The fourth-order valence-corrected chi connectivity index (χ4v) is 3.37. The molecular weight excluding hydrogens is 376 g/mol. The minimum atomic E-state index is -0.141. The van der Waals surface area contributed by atoms with E-state index in [0.717, 1.165) is 33.4 Å². The minimum absolute atomic E-state index is 0.141. The molecule has 0 bridgehead atoms. The molecule has 6 heteroatoms. The summed E-state index contributed by atoms with van der Waals surface area (Å²) >= 11 is 0. The topological polar surface area (TPSA) is 71.1 Å². The normalized spacial score (nSPS) is 10.7. The molecule has 0 aliphatic rings. The van der Waals surface area contributed by atoms with E-state index in [-0.39, 0.29) is 5.91 Å². The minimum Gasteiger partial charge on any atom is -0.489 e. The van der Waals surface area contributed by atoms with Crippen LogP contribution in [0, 0.1) is 0 Å². The number of rotatable bonds is 7. The Morgan fingerprint density at radius 1 is 1.17 bits per heavy atom. The maximum Gasteiger partial charge on any atom is 0.245 e. The summed E-state index contributed by atoms with van der Waals surface area (Å²) in [6, 6.07) is 16.0. The van der Waals surface area contributed by atoms with Crippen LogP contribution in [0.3, 0.4) is 0 Å². The molecule has 4 rings (SSSR count). The molecule has 30 heavy (non-hydrogen) atoms. The fraction of sp³-hybridized carbons (Fsp3) is 0.125. The zero-order valence-electron chi connectivity index (χ0n) is 16.7. The maximum atomic E-state index is 11.7.